The highest BCUT2D eigenvalue weighted by molar-refractivity contribution is 6.35. The molecule has 0 spiro atoms. The summed E-state index contributed by atoms with van der Waals surface area (Å²) in [4.78, 5) is 34.6. The maximum absolute atomic E-state index is 11.6. The van der Waals surface area contributed by atoms with Crippen LogP contribution < -0.4 is 16.2 Å². The van der Waals surface area contributed by atoms with Crippen molar-refractivity contribution in [3.05, 3.63) is 60.1 Å². The van der Waals surface area contributed by atoms with Crippen molar-refractivity contribution in [1.82, 2.24) is 16.2 Å². The van der Waals surface area contributed by atoms with Gasteiger partial charge in [0.25, 0.3) is 5.91 Å². The van der Waals surface area contributed by atoms with Gasteiger partial charge in [0.15, 0.2) is 0 Å². The largest absolute Gasteiger partial charge is 0.467 e. The molecule has 2 rings (SSSR count). The molecular weight excluding hydrogens is 274 g/mol. The Morgan fingerprint density at radius 2 is 1.67 bits per heavy atom. The fraction of sp³-hybridized carbons (Fsp3) is 0.0714. The van der Waals surface area contributed by atoms with Gasteiger partial charge in [-0.3, -0.25) is 25.2 Å². The van der Waals surface area contributed by atoms with Crippen LogP contribution in [0.4, 0.5) is 0 Å². The van der Waals surface area contributed by atoms with Crippen LogP contribution in [0.25, 0.3) is 0 Å². The van der Waals surface area contributed by atoms with E-state index >= 15 is 0 Å². The second kappa shape index (κ2) is 6.90. The monoisotopic (exact) mass is 287 g/mol. The summed E-state index contributed by atoms with van der Waals surface area (Å²) in [5.74, 6) is -1.84. The van der Waals surface area contributed by atoms with Crippen LogP contribution in [0.3, 0.4) is 0 Å². The summed E-state index contributed by atoms with van der Waals surface area (Å²) in [6, 6.07) is 11.6. The standard InChI is InChI=1S/C14H13N3O4/c18-12(10-5-2-1-3-6-10)16-17-14(20)13(19)15-9-11-7-4-8-21-11/h1-8H,9H2,(H,15,19)(H,16,18)(H,17,20). The minimum Gasteiger partial charge on any atom is -0.467 e. The molecule has 1 heterocycles. The van der Waals surface area contributed by atoms with Crippen LogP contribution in [0, 0.1) is 0 Å². The van der Waals surface area contributed by atoms with E-state index in [1.54, 1.807) is 42.5 Å². The second-order valence-electron chi connectivity index (χ2n) is 4.04. The third kappa shape index (κ3) is 4.20. The molecule has 2 aromatic rings. The number of rotatable bonds is 3. The minimum atomic E-state index is -0.967. The molecule has 0 saturated heterocycles. The molecule has 7 nitrogen and oxygen atoms in total. The zero-order valence-corrected chi connectivity index (χ0v) is 11.0. The average molecular weight is 287 g/mol. The predicted octanol–water partition coefficient (Wildman–Crippen LogP) is 0.357. The lowest BCUT2D eigenvalue weighted by atomic mass is 10.2. The molecule has 3 N–H and O–H groups in total. The number of hydrazine groups is 1. The molecule has 0 aliphatic heterocycles. The normalized spacial score (nSPS) is 9.71. The van der Waals surface area contributed by atoms with E-state index in [9.17, 15) is 14.4 Å². The summed E-state index contributed by atoms with van der Waals surface area (Å²) in [6.45, 7) is 0.0892. The Balaban J connectivity index is 1.76. The Labute approximate surface area is 120 Å². The molecule has 108 valence electrons. The molecule has 0 bridgehead atoms. The Bertz CT molecular complexity index is 623. The molecule has 0 aliphatic carbocycles. The van der Waals surface area contributed by atoms with Crippen LogP contribution in [0.15, 0.2) is 53.1 Å². The van der Waals surface area contributed by atoms with E-state index in [1.807, 2.05) is 5.43 Å². The number of hydrogen-bond donors (Lipinski definition) is 3. The lowest BCUT2D eigenvalue weighted by Gasteiger charge is -2.07. The van der Waals surface area contributed by atoms with E-state index in [0.29, 0.717) is 11.3 Å². The molecule has 0 saturated carbocycles. The lowest BCUT2D eigenvalue weighted by molar-refractivity contribution is -0.139. The number of nitrogens with one attached hydrogen (secondary N) is 3. The van der Waals surface area contributed by atoms with Crippen molar-refractivity contribution in [2.24, 2.45) is 0 Å². The number of benzene rings is 1. The minimum absolute atomic E-state index is 0.0892. The summed E-state index contributed by atoms with van der Waals surface area (Å²) in [5, 5.41) is 2.35. The molecule has 0 aliphatic rings. The molecule has 21 heavy (non-hydrogen) atoms. The third-order valence-electron chi connectivity index (χ3n) is 2.54. The van der Waals surface area contributed by atoms with E-state index in [1.165, 1.54) is 6.26 Å². The highest BCUT2D eigenvalue weighted by atomic mass is 16.3. The van der Waals surface area contributed by atoms with E-state index < -0.39 is 17.7 Å². The van der Waals surface area contributed by atoms with Gasteiger partial charge < -0.3 is 9.73 Å². The number of amides is 3. The summed E-state index contributed by atoms with van der Waals surface area (Å²) >= 11 is 0. The highest BCUT2D eigenvalue weighted by Gasteiger charge is 2.14. The molecule has 0 unspecified atom stereocenters. The topological polar surface area (TPSA) is 100 Å². The van der Waals surface area contributed by atoms with Gasteiger partial charge in [0, 0.05) is 5.56 Å². The fourth-order valence-corrected chi connectivity index (χ4v) is 1.49. The molecule has 1 aromatic carbocycles. The van der Waals surface area contributed by atoms with Crippen LogP contribution in [0.1, 0.15) is 16.1 Å². The van der Waals surface area contributed by atoms with Crippen LogP contribution in [-0.2, 0) is 16.1 Å². The number of hydrogen-bond acceptors (Lipinski definition) is 4. The van der Waals surface area contributed by atoms with Crippen molar-refractivity contribution in [2.75, 3.05) is 0 Å². The zero-order chi connectivity index (χ0) is 15.1. The molecule has 3 amide bonds. The van der Waals surface area contributed by atoms with Gasteiger partial charge in [-0.25, -0.2) is 0 Å². The van der Waals surface area contributed by atoms with E-state index in [-0.39, 0.29) is 6.54 Å². The average Bonchev–Trinajstić information content (AvgIpc) is 3.04. The summed E-state index contributed by atoms with van der Waals surface area (Å²) < 4.78 is 5.00. The lowest BCUT2D eigenvalue weighted by Crippen LogP contribution is -2.48. The summed E-state index contributed by atoms with van der Waals surface area (Å²) in [7, 11) is 0. The van der Waals surface area contributed by atoms with Gasteiger partial charge in [-0.2, -0.15) is 0 Å². The quantitative estimate of drug-likeness (QED) is 0.560. The van der Waals surface area contributed by atoms with Crippen LogP contribution in [0.5, 0.6) is 0 Å². The van der Waals surface area contributed by atoms with E-state index in [2.05, 4.69) is 10.7 Å². The van der Waals surface area contributed by atoms with Gasteiger partial charge in [-0.15, -0.1) is 0 Å². The number of furan rings is 1. The highest BCUT2D eigenvalue weighted by Crippen LogP contribution is 1.98. The van der Waals surface area contributed by atoms with Gasteiger partial charge in [0.05, 0.1) is 12.8 Å². The molecule has 1 aromatic heterocycles. The van der Waals surface area contributed by atoms with Crippen molar-refractivity contribution in [2.45, 2.75) is 6.54 Å². The first-order valence-electron chi connectivity index (χ1n) is 6.13. The van der Waals surface area contributed by atoms with Crippen LogP contribution >= 0.6 is 0 Å². The Kier molecular flexibility index (Phi) is 4.70. The van der Waals surface area contributed by atoms with Crippen molar-refractivity contribution in [3.8, 4) is 0 Å². The van der Waals surface area contributed by atoms with Gasteiger partial charge in [0.1, 0.15) is 5.76 Å². The fourth-order valence-electron chi connectivity index (χ4n) is 1.49. The first-order valence-corrected chi connectivity index (χ1v) is 6.13. The number of carbonyl (C=O) groups is 3. The molecule has 7 heteroatoms. The Morgan fingerprint density at radius 1 is 0.905 bits per heavy atom. The SMILES string of the molecule is O=C(NCc1ccco1)C(=O)NNC(=O)c1ccccc1. The Morgan fingerprint density at radius 3 is 2.33 bits per heavy atom. The zero-order valence-electron chi connectivity index (χ0n) is 11.0. The molecule has 0 fully saturated rings. The second-order valence-corrected chi connectivity index (χ2v) is 4.04. The van der Waals surface area contributed by atoms with Gasteiger partial charge in [-0.05, 0) is 24.3 Å². The molecule has 0 atom stereocenters. The van der Waals surface area contributed by atoms with Gasteiger partial charge in [-0.1, -0.05) is 18.2 Å². The van der Waals surface area contributed by atoms with Crippen molar-refractivity contribution < 1.29 is 18.8 Å². The van der Waals surface area contributed by atoms with E-state index in [0.717, 1.165) is 0 Å². The first-order chi connectivity index (χ1) is 10.2. The van der Waals surface area contributed by atoms with Crippen molar-refractivity contribution in [1.29, 1.82) is 0 Å². The first kappa shape index (κ1) is 14.3. The van der Waals surface area contributed by atoms with Gasteiger partial charge in [0.2, 0.25) is 0 Å². The maximum Gasteiger partial charge on any atom is 0.327 e. The van der Waals surface area contributed by atoms with E-state index in [4.69, 9.17) is 4.42 Å². The van der Waals surface area contributed by atoms with Crippen molar-refractivity contribution >= 4 is 17.7 Å². The maximum atomic E-state index is 11.6. The van der Waals surface area contributed by atoms with Crippen LogP contribution in [-0.4, -0.2) is 17.7 Å². The third-order valence-corrected chi connectivity index (χ3v) is 2.54. The van der Waals surface area contributed by atoms with Crippen LogP contribution in [0.2, 0.25) is 0 Å². The molecular formula is C14H13N3O4. The number of carbonyl (C=O) groups excluding carboxylic acids is 3. The molecule has 0 radical (unpaired) electrons. The Hall–Kier alpha value is -3.09. The predicted molar refractivity (Wildman–Crippen MR) is 72.6 cm³/mol. The summed E-state index contributed by atoms with van der Waals surface area (Å²) in [6.07, 6.45) is 1.46. The smallest absolute Gasteiger partial charge is 0.327 e. The van der Waals surface area contributed by atoms with Gasteiger partial charge >= 0.3 is 11.8 Å². The van der Waals surface area contributed by atoms with Crippen molar-refractivity contribution in [3.63, 3.8) is 0 Å². The summed E-state index contributed by atoms with van der Waals surface area (Å²) in [5.41, 5.74) is 4.55.